The van der Waals surface area contributed by atoms with Crippen LogP contribution in [0, 0.1) is 0 Å². The van der Waals surface area contributed by atoms with Crippen LogP contribution in [0.1, 0.15) is 18.6 Å². The number of rotatable bonds is 3. The molecule has 0 amide bonds. The lowest BCUT2D eigenvalue weighted by Gasteiger charge is -2.11. The van der Waals surface area contributed by atoms with Gasteiger partial charge in [0.05, 0.1) is 6.61 Å². The Kier molecular flexibility index (Phi) is 4.39. The Balaban J connectivity index is 2.91. The lowest BCUT2D eigenvalue weighted by Crippen LogP contribution is -2.15. The van der Waals surface area contributed by atoms with Gasteiger partial charge in [-0.05, 0) is 19.1 Å². The van der Waals surface area contributed by atoms with Crippen molar-refractivity contribution in [2.75, 3.05) is 6.61 Å². The van der Waals surface area contributed by atoms with Crippen LogP contribution in [0.2, 0.25) is 10.0 Å². The number of carbonyl (C=O) groups excluding carboxylic acids is 1. The first kappa shape index (κ1) is 12.3. The van der Waals surface area contributed by atoms with Crippen molar-refractivity contribution in [1.82, 2.24) is 0 Å². The molecular weight excluding hydrogens is 239 g/mol. The molecule has 0 aliphatic carbocycles. The molecule has 0 fully saturated rings. The maximum Gasteiger partial charge on any atom is 0.339 e. The molecule has 0 unspecified atom stereocenters. The lowest BCUT2D eigenvalue weighted by atomic mass is 10.1. The summed E-state index contributed by atoms with van der Waals surface area (Å²) in [4.78, 5) is 11.2. The number of esters is 1. The summed E-state index contributed by atoms with van der Waals surface area (Å²) in [5.41, 5.74) is 0.291. The van der Waals surface area contributed by atoms with Gasteiger partial charge in [-0.15, -0.1) is 0 Å². The van der Waals surface area contributed by atoms with Crippen molar-refractivity contribution in [2.24, 2.45) is 0 Å². The topological polar surface area (TPSA) is 46.5 Å². The largest absolute Gasteiger partial charge is 0.464 e. The molecule has 15 heavy (non-hydrogen) atoms. The number of halogens is 2. The van der Waals surface area contributed by atoms with Crippen molar-refractivity contribution in [3.05, 3.63) is 33.8 Å². The third kappa shape index (κ3) is 3.09. The van der Waals surface area contributed by atoms with Gasteiger partial charge >= 0.3 is 5.97 Å². The predicted octanol–water partition coefficient (Wildman–Crippen LogP) is 2.59. The molecule has 0 heterocycles. The van der Waals surface area contributed by atoms with E-state index in [1.807, 2.05) is 0 Å². The lowest BCUT2D eigenvalue weighted by molar-refractivity contribution is -0.153. The number of hydrogen-bond donors (Lipinski definition) is 1. The van der Waals surface area contributed by atoms with E-state index in [0.29, 0.717) is 10.6 Å². The zero-order valence-corrected chi connectivity index (χ0v) is 9.55. The minimum absolute atomic E-state index is 0.209. The van der Waals surface area contributed by atoms with Crippen LogP contribution < -0.4 is 0 Å². The fourth-order valence-corrected chi connectivity index (χ4v) is 1.58. The van der Waals surface area contributed by atoms with Gasteiger partial charge in [-0.25, -0.2) is 4.79 Å². The zero-order valence-electron chi connectivity index (χ0n) is 8.04. The standard InChI is InChI=1S/C10H10Cl2O3/c1-2-15-10(14)9(13)7-4-3-6(11)5-8(7)12/h3-5,9,13H,2H2,1H3/t9-/m0/s1. The molecule has 1 rings (SSSR count). The molecule has 1 aromatic rings. The minimum atomic E-state index is -1.37. The molecule has 0 saturated heterocycles. The van der Waals surface area contributed by atoms with Crippen LogP contribution >= 0.6 is 23.2 Å². The Morgan fingerprint density at radius 3 is 2.73 bits per heavy atom. The zero-order chi connectivity index (χ0) is 11.4. The molecule has 0 spiro atoms. The summed E-state index contributed by atoms with van der Waals surface area (Å²) in [7, 11) is 0. The van der Waals surface area contributed by atoms with Crippen molar-refractivity contribution in [2.45, 2.75) is 13.0 Å². The van der Waals surface area contributed by atoms with Crippen LogP contribution in [-0.2, 0) is 9.53 Å². The molecule has 0 aliphatic rings. The molecular formula is C10H10Cl2O3. The van der Waals surface area contributed by atoms with Crippen LogP contribution in [0.4, 0.5) is 0 Å². The van der Waals surface area contributed by atoms with E-state index >= 15 is 0 Å². The highest BCUT2D eigenvalue weighted by molar-refractivity contribution is 6.35. The van der Waals surface area contributed by atoms with E-state index in [1.54, 1.807) is 13.0 Å². The van der Waals surface area contributed by atoms with Crippen molar-refractivity contribution in [1.29, 1.82) is 0 Å². The molecule has 0 aliphatic heterocycles. The minimum Gasteiger partial charge on any atom is -0.464 e. The molecule has 1 aromatic carbocycles. The molecule has 0 aromatic heterocycles. The summed E-state index contributed by atoms with van der Waals surface area (Å²) in [5, 5.41) is 10.3. The molecule has 0 bridgehead atoms. The Labute approximate surface area is 97.6 Å². The fourth-order valence-electron chi connectivity index (χ4n) is 1.07. The first-order valence-electron chi connectivity index (χ1n) is 4.36. The van der Waals surface area contributed by atoms with Gasteiger partial charge in [-0.1, -0.05) is 29.3 Å². The number of ether oxygens (including phenoxy) is 1. The number of carbonyl (C=O) groups is 1. The molecule has 1 N–H and O–H groups in total. The highest BCUT2D eigenvalue weighted by atomic mass is 35.5. The van der Waals surface area contributed by atoms with E-state index in [0.717, 1.165) is 0 Å². The summed E-state index contributed by atoms with van der Waals surface area (Å²) in [5.74, 6) is -0.721. The van der Waals surface area contributed by atoms with Gasteiger partial charge in [0, 0.05) is 15.6 Å². The monoisotopic (exact) mass is 248 g/mol. The Morgan fingerprint density at radius 2 is 2.20 bits per heavy atom. The average molecular weight is 249 g/mol. The molecule has 82 valence electrons. The van der Waals surface area contributed by atoms with Gasteiger partial charge in [0.15, 0.2) is 6.10 Å². The maximum atomic E-state index is 11.2. The van der Waals surface area contributed by atoms with Crippen LogP contribution in [0.5, 0.6) is 0 Å². The number of aliphatic hydroxyl groups excluding tert-OH is 1. The van der Waals surface area contributed by atoms with Gasteiger partial charge in [-0.2, -0.15) is 0 Å². The second-order valence-electron chi connectivity index (χ2n) is 2.82. The number of aliphatic hydroxyl groups is 1. The summed E-state index contributed by atoms with van der Waals surface area (Å²) in [6.07, 6.45) is -1.37. The second-order valence-corrected chi connectivity index (χ2v) is 3.66. The van der Waals surface area contributed by atoms with Gasteiger partial charge in [0.25, 0.3) is 0 Å². The molecule has 5 heteroatoms. The van der Waals surface area contributed by atoms with E-state index in [-0.39, 0.29) is 11.6 Å². The smallest absolute Gasteiger partial charge is 0.339 e. The summed E-state index contributed by atoms with van der Waals surface area (Å²) < 4.78 is 4.66. The maximum absolute atomic E-state index is 11.2. The van der Waals surface area contributed by atoms with Gasteiger partial charge in [-0.3, -0.25) is 0 Å². The van der Waals surface area contributed by atoms with E-state index in [4.69, 9.17) is 23.2 Å². The highest BCUT2D eigenvalue weighted by Crippen LogP contribution is 2.26. The van der Waals surface area contributed by atoms with Gasteiger partial charge in [0.1, 0.15) is 0 Å². The highest BCUT2D eigenvalue weighted by Gasteiger charge is 2.21. The summed E-state index contributed by atoms with van der Waals surface area (Å²) >= 11 is 11.5. The van der Waals surface area contributed by atoms with Crippen LogP contribution in [0.15, 0.2) is 18.2 Å². The van der Waals surface area contributed by atoms with Gasteiger partial charge in [0.2, 0.25) is 0 Å². The SMILES string of the molecule is CCOC(=O)[C@@H](O)c1ccc(Cl)cc1Cl. The predicted molar refractivity (Wildman–Crippen MR) is 58.1 cm³/mol. The molecule has 0 saturated carbocycles. The quantitative estimate of drug-likeness (QED) is 0.837. The van der Waals surface area contributed by atoms with Crippen LogP contribution in [-0.4, -0.2) is 17.7 Å². The summed E-state index contributed by atoms with van der Waals surface area (Å²) in [6.45, 7) is 1.87. The molecule has 3 nitrogen and oxygen atoms in total. The Hall–Kier alpha value is -0.770. The number of benzene rings is 1. The molecule has 1 atom stereocenters. The third-order valence-electron chi connectivity index (χ3n) is 1.77. The second kappa shape index (κ2) is 5.35. The first-order chi connectivity index (χ1) is 7.06. The van der Waals surface area contributed by atoms with Gasteiger partial charge < -0.3 is 9.84 Å². The van der Waals surface area contributed by atoms with Crippen molar-refractivity contribution in [3.63, 3.8) is 0 Å². The number of hydrogen-bond acceptors (Lipinski definition) is 3. The normalized spacial score (nSPS) is 12.3. The van der Waals surface area contributed by atoms with Crippen molar-refractivity contribution in [3.8, 4) is 0 Å². The van der Waals surface area contributed by atoms with E-state index in [9.17, 15) is 9.90 Å². The van der Waals surface area contributed by atoms with Crippen LogP contribution in [0.3, 0.4) is 0 Å². The summed E-state index contributed by atoms with van der Waals surface area (Å²) in [6, 6.07) is 4.50. The van der Waals surface area contributed by atoms with E-state index in [2.05, 4.69) is 4.74 Å². The van der Waals surface area contributed by atoms with Crippen molar-refractivity contribution < 1.29 is 14.6 Å². The Bertz CT molecular complexity index is 366. The van der Waals surface area contributed by atoms with E-state index in [1.165, 1.54) is 12.1 Å². The Morgan fingerprint density at radius 1 is 1.53 bits per heavy atom. The van der Waals surface area contributed by atoms with Crippen molar-refractivity contribution >= 4 is 29.2 Å². The molecule has 0 radical (unpaired) electrons. The van der Waals surface area contributed by atoms with E-state index < -0.39 is 12.1 Å². The van der Waals surface area contributed by atoms with Crippen LogP contribution in [0.25, 0.3) is 0 Å². The first-order valence-corrected chi connectivity index (χ1v) is 5.11. The fraction of sp³-hybridized carbons (Fsp3) is 0.300. The third-order valence-corrected chi connectivity index (χ3v) is 2.33. The average Bonchev–Trinajstić information content (AvgIpc) is 2.17.